The van der Waals surface area contributed by atoms with Crippen LogP contribution in [0.5, 0.6) is 5.75 Å². The van der Waals surface area contributed by atoms with Gasteiger partial charge in [-0.05, 0) is 31.4 Å². The topological polar surface area (TPSA) is 54.0 Å². The van der Waals surface area contributed by atoms with Crippen LogP contribution < -0.4 is 10.1 Å². The Bertz CT molecular complexity index is 612. The van der Waals surface area contributed by atoms with Crippen LogP contribution in [0.15, 0.2) is 12.1 Å². The van der Waals surface area contributed by atoms with Crippen LogP contribution in [0.25, 0.3) is 0 Å². The Hall–Kier alpha value is -1.50. The monoisotopic (exact) mass is 367 g/mol. The van der Waals surface area contributed by atoms with Gasteiger partial charge < -0.3 is 19.7 Å². The second-order valence-electron chi connectivity index (χ2n) is 6.65. The molecule has 2 aliphatic heterocycles. The van der Waals surface area contributed by atoms with Gasteiger partial charge in [-0.1, -0.05) is 11.6 Å². The van der Waals surface area contributed by atoms with Crippen LogP contribution in [0.2, 0.25) is 5.02 Å². The maximum absolute atomic E-state index is 12.6. The van der Waals surface area contributed by atoms with Gasteiger partial charge in [0.1, 0.15) is 5.75 Å². The third kappa shape index (κ3) is 4.57. The fourth-order valence-electron chi connectivity index (χ4n) is 3.33. The molecule has 25 heavy (non-hydrogen) atoms. The Labute approximate surface area is 154 Å². The molecular formula is C18H26ClN3O3. The number of hydrogen-bond donors (Lipinski definition) is 1. The number of aryl methyl sites for hydroxylation is 1. The van der Waals surface area contributed by atoms with Gasteiger partial charge in [0.05, 0.1) is 18.9 Å². The first-order valence-electron chi connectivity index (χ1n) is 8.81. The number of nitrogens with zero attached hydrogens (tertiary/aromatic N) is 2. The van der Waals surface area contributed by atoms with Crippen LogP contribution in [0.4, 0.5) is 10.5 Å². The minimum atomic E-state index is -0.100. The van der Waals surface area contributed by atoms with Crippen molar-refractivity contribution in [3.63, 3.8) is 0 Å². The number of carbonyl (C=O) groups excluding carboxylic acids is 1. The largest absolute Gasteiger partial charge is 0.495 e. The number of halogens is 1. The van der Waals surface area contributed by atoms with E-state index in [2.05, 4.69) is 10.2 Å². The lowest BCUT2D eigenvalue weighted by Crippen LogP contribution is -2.51. The van der Waals surface area contributed by atoms with Gasteiger partial charge in [0.25, 0.3) is 0 Å². The lowest BCUT2D eigenvalue weighted by Gasteiger charge is -2.35. The number of benzene rings is 1. The molecule has 1 aromatic carbocycles. The molecule has 0 aliphatic carbocycles. The minimum Gasteiger partial charge on any atom is -0.495 e. The highest BCUT2D eigenvalue weighted by Gasteiger charge is 2.25. The molecule has 3 rings (SSSR count). The fraction of sp³-hybridized carbons (Fsp3) is 0.611. The van der Waals surface area contributed by atoms with Crippen molar-refractivity contribution in [3.05, 3.63) is 22.7 Å². The molecule has 1 aromatic rings. The summed E-state index contributed by atoms with van der Waals surface area (Å²) < 4.78 is 11.0. The second-order valence-corrected chi connectivity index (χ2v) is 7.06. The van der Waals surface area contributed by atoms with Crippen molar-refractivity contribution in [1.29, 1.82) is 0 Å². The molecule has 2 amide bonds. The molecule has 1 unspecified atom stereocenters. The van der Waals surface area contributed by atoms with Crippen molar-refractivity contribution in [2.24, 2.45) is 0 Å². The van der Waals surface area contributed by atoms with E-state index >= 15 is 0 Å². The van der Waals surface area contributed by atoms with Crippen molar-refractivity contribution in [2.75, 3.05) is 51.8 Å². The first-order chi connectivity index (χ1) is 12.1. The van der Waals surface area contributed by atoms with Crippen LogP contribution in [0, 0.1) is 6.92 Å². The summed E-state index contributed by atoms with van der Waals surface area (Å²) in [6, 6.07) is 3.47. The van der Waals surface area contributed by atoms with Crippen LogP contribution in [-0.4, -0.2) is 68.4 Å². The highest BCUT2D eigenvalue weighted by Crippen LogP contribution is 2.31. The van der Waals surface area contributed by atoms with E-state index in [4.69, 9.17) is 21.1 Å². The van der Waals surface area contributed by atoms with Crippen molar-refractivity contribution < 1.29 is 14.3 Å². The minimum absolute atomic E-state index is 0.100. The molecule has 2 fully saturated rings. The van der Waals surface area contributed by atoms with Crippen molar-refractivity contribution >= 4 is 23.3 Å². The molecule has 1 N–H and O–H groups in total. The number of rotatable bonds is 4. The van der Waals surface area contributed by atoms with E-state index in [1.165, 1.54) is 0 Å². The molecule has 0 bridgehead atoms. The first-order valence-corrected chi connectivity index (χ1v) is 9.18. The summed E-state index contributed by atoms with van der Waals surface area (Å²) in [7, 11) is 1.57. The highest BCUT2D eigenvalue weighted by atomic mass is 35.5. The van der Waals surface area contributed by atoms with Gasteiger partial charge in [0.2, 0.25) is 0 Å². The maximum atomic E-state index is 12.6. The summed E-state index contributed by atoms with van der Waals surface area (Å²) in [6.45, 7) is 6.95. The van der Waals surface area contributed by atoms with Gasteiger partial charge in [-0.25, -0.2) is 4.79 Å². The predicted molar refractivity (Wildman–Crippen MR) is 98.7 cm³/mol. The number of piperazine rings is 1. The Kier molecular flexibility index (Phi) is 6.04. The molecule has 7 heteroatoms. The van der Waals surface area contributed by atoms with Gasteiger partial charge in [-0.3, -0.25) is 4.90 Å². The molecule has 6 nitrogen and oxygen atoms in total. The lowest BCUT2D eigenvalue weighted by atomic mass is 10.2. The Morgan fingerprint density at radius 3 is 2.76 bits per heavy atom. The van der Waals surface area contributed by atoms with E-state index < -0.39 is 0 Å². The maximum Gasteiger partial charge on any atom is 0.322 e. The number of anilines is 1. The first kappa shape index (κ1) is 18.3. The van der Waals surface area contributed by atoms with E-state index in [1.54, 1.807) is 13.2 Å². The number of hydrogen-bond acceptors (Lipinski definition) is 4. The molecular weight excluding hydrogens is 342 g/mol. The SMILES string of the molecule is COc1cc(Cl)c(C)cc1NC(=O)N1CCN(CC2CCCO2)CC1. The molecule has 138 valence electrons. The van der Waals surface area contributed by atoms with Crippen LogP contribution >= 0.6 is 11.6 Å². The van der Waals surface area contributed by atoms with Crippen molar-refractivity contribution in [2.45, 2.75) is 25.9 Å². The van der Waals surface area contributed by atoms with Gasteiger partial charge in [0.15, 0.2) is 0 Å². The quantitative estimate of drug-likeness (QED) is 0.888. The Balaban J connectivity index is 1.53. The van der Waals surface area contributed by atoms with Crippen molar-refractivity contribution in [3.8, 4) is 5.75 Å². The lowest BCUT2D eigenvalue weighted by molar-refractivity contribution is 0.0571. The Morgan fingerprint density at radius 1 is 1.36 bits per heavy atom. The standard InChI is InChI=1S/C18H26ClN3O3/c1-13-10-16(17(24-2)11-15(13)19)20-18(23)22-7-5-21(6-8-22)12-14-4-3-9-25-14/h10-11,14H,3-9,12H2,1-2H3,(H,20,23). The average Bonchev–Trinajstić information content (AvgIpc) is 3.11. The number of carbonyl (C=O) groups is 1. The number of methoxy groups -OCH3 is 1. The molecule has 0 saturated carbocycles. The number of nitrogens with one attached hydrogen (secondary N) is 1. The van der Waals surface area contributed by atoms with Crippen LogP contribution in [0.3, 0.4) is 0 Å². The molecule has 0 aromatic heterocycles. The summed E-state index contributed by atoms with van der Waals surface area (Å²) in [4.78, 5) is 16.8. The third-order valence-electron chi connectivity index (χ3n) is 4.87. The zero-order valence-electron chi connectivity index (χ0n) is 14.9. The van der Waals surface area contributed by atoms with Gasteiger partial charge in [-0.2, -0.15) is 0 Å². The van der Waals surface area contributed by atoms with E-state index in [0.29, 0.717) is 35.7 Å². The second kappa shape index (κ2) is 8.25. The summed E-state index contributed by atoms with van der Waals surface area (Å²) in [5.74, 6) is 0.570. The van der Waals surface area contributed by atoms with E-state index in [-0.39, 0.29) is 6.03 Å². The van der Waals surface area contributed by atoms with Crippen molar-refractivity contribution in [1.82, 2.24) is 9.80 Å². The molecule has 2 aliphatic rings. The summed E-state index contributed by atoms with van der Waals surface area (Å²) in [5.41, 5.74) is 1.55. The van der Waals surface area contributed by atoms with E-state index in [1.807, 2.05) is 17.9 Å². The molecule has 1 atom stereocenters. The molecule has 0 radical (unpaired) electrons. The number of amides is 2. The zero-order chi connectivity index (χ0) is 17.8. The summed E-state index contributed by atoms with van der Waals surface area (Å²) in [5, 5.41) is 3.57. The predicted octanol–water partition coefficient (Wildman–Crippen LogP) is 2.99. The van der Waals surface area contributed by atoms with E-state index in [9.17, 15) is 4.79 Å². The highest BCUT2D eigenvalue weighted by molar-refractivity contribution is 6.31. The van der Waals surface area contributed by atoms with Crippen LogP contribution in [-0.2, 0) is 4.74 Å². The average molecular weight is 368 g/mol. The number of urea groups is 1. The zero-order valence-corrected chi connectivity index (χ0v) is 15.6. The normalized spacial score (nSPS) is 21.4. The summed E-state index contributed by atoms with van der Waals surface area (Å²) in [6.07, 6.45) is 2.67. The molecule has 2 saturated heterocycles. The summed E-state index contributed by atoms with van der Waals surface area (Å²) >= 11 is 6.12. The third-order valence-corrected chi connectivity index (χ3v) is 5.27. The molecule has 0 spiro atoms. The fourth-order valence-corrected chi connectivity index (χ4v) is 3.49. The number of ether oxygens (including phenoxy) is 2. The Morgan fingerprint density at radius 2 is 2.12 bits per heavy atom. The van der Waals surface area contributed by atoms with E-state index in [0.717, 1.165) is 44.6 Å². The van der Waals surface area contributed by atoms with Crippen LogP contribution in [0.1, 0.15) is 18.4 Å². The van der Waals surface area contributed by atoms with Gasteiger partial charge in [-0.15, -0.1) is 0 Å². The van der Waals surface area contributed by atoms with Gasteiger partial charge >= 0.3 is 6.03 Å². The smallest absolute Gasteiger partial charge is 0.322 e. The molecule has 2 heterocycles. The van der Waals surface area contributed by atoms with Gasteiger partial charge in [0, 0.05) is 50.4 Å².